The first kappa shape index (κ1) is 21.3. The van der Waals surface area contributed by atoms with Gasteiger partial charge in [-0.2, -0.15) is 0 Å². The summed E-state index contributed by atoms with van der Waals surface area (Å²) < 4.78 is 28.3. The lowest BCUT2D eigenvalue weighted by Crippen LogP contribution is -2.16. The van der Waals surface area contributed by atoms with E-state index < -0.39 is 10.0 Å². The molecule has 148 valence electrons. The number of nitrogens with one attached hydrogen (secondary N) is 1. The van der Waals surface area contributed by atoms with Gasteiger partial charge < -0.3 is 10.1 Å². The van der Waals surface area contributed by atoms with Crippen LogP contribution in [0, 0.1) is 5.92 Å². The second kappa shape index (κ2) is 8.31. The van der Waals surface area contributed by atoms with Crippen LogP contribution in [0.25, 0.3) is 0 Å². The Morgan fingerprint density at radius 2 is 1.74 bits per heavy atom. The standard InChI is InChI=1S/C21H30N2O3S/c1-15(12-16-6-8-17(9-7-16)21(2,3)4)14-23-18-10-11-20(27(22,24)25)19(13-18)26-5/h6-11,13,15,23H,12,14H2,1-5H3,(H2,22,24,25). The largest absolute Gasteiger partial charge is 0.495 e. The number of primary sulfonamides is 1. The van der Waals surface area contributed by atoms with E-state index in [1.165, 1.54) is 24.3 Å². The fraction of sp³-hybridized carbons (Fsp3) is 0.429. The summed E-state index contributed by atoms with van der Waals surface area (Å²) in [6, 6.07) is 13.6. The Hall–Kier alpha value is -2.05. The first-order chi connectivity index (χ1) is 12.5. The third kappa shape index (κ3) is 5.97. The van der Waals surface area contributed by atoms with Gasteiger partial charge in [-0.05, 0) is 41.0 Å². The Morgan fingerprint density at radius 3 is 2.26 bits per heavy atom. The molecule has 5 nitrogen and oxygen atoms in total. The molecule has 0 aliphatic carbocycles. The number of rotatable bonds is 7. The Kier molecular flexibility index (Phi) is 6.54. The van der Waals surface area contributed by atoms with Crippen LogP contribution in [0.3, 0.4) is 0 Å². The van der Waals surface area contributed by atoms with Gasteiger partial charge in [-0.25, -0.2) is 13.6 Å². The third-order valence-electron chi connectivity index (χ3n) is 4.53. The molecule has 0 aromatic heterocycles. The summed E-state index contributed by atoms with van der Waals surface area (Å²) in [5.41, 5.74) is 3.60. The Morgan fingerprint density at radius 1 is 1.11 bits per heavy atom. The SMILES string of the molecule is COc1cc(NCC(C)Cc2ccc(C(C)(C)C)cc2)ccc1S(N)(=O)=O. The number of hydrogen-bond acceptors (Lipinski definition) is 4. The molecular weight excluding hydrogens is 360 g/mol. The molecule has 0 saturated carbocycles. The molecule has 0 spiro atoms. The van der Waals surface area contributed by atoms with Gasteiger partial charge in [0.25, 0.3) is 0 Å². The first-order valence-corrected chi connectivity index (χ1v) is 10.6. The van der Waals surface area contributed by atoms with Crippen LogP contribution in [0.15, 0.2) is 47.4 Å². The number of methoxy groups -OCH3 is 1. The van der Waals surface area contributed by atoms with Crippen molar-refractivity contribution in [1.82, 2.24) is 0 Å². The smallest absolute Gasteiger partial charge is 0.241 e. The van der Waals surface area contributed by atoms with Gasteiger partial charge in [-0.3, -0.25) is 0 Å². The number of nitrogens with two attached hydrogens (primary N) is 1. The van der Waals surface area contributed by atoms with Crippen molar-refractivity contribution in [2.24, 2.45) is 11.1 Å². The molecule has 27 heavy (non-hydrogen) atoms. The third-order valence-corrected chi connectivity index (χ3v) is 5.48. The molecule has 0 aliphatic rings. The lowest BCUT2D eigenvalue weighted by molar-refractivity contribution is 0.403. The summed E-state index contributed by atoms with van der Waals surface area (Å²) in [5.74, 6) is 0.655. The Bertz CT molecular complexity index is 869. The minimum absolute atomic E-state index is 0.0115. The fourth-order valence-corrected chi connectivity index (χ4v) is 3.60. The van der Waals surface area contributed by atoms with Gasteiger partial charge in [0, 0.05) is 18.3 Å². The van der Waals surface area contributed by atoms with Crippen molar-refractivity contribution in [3.63, 3.8) is 0 Å². The van der Waals surface area contributed by atoms with Crippen LogP contribution >= 0.6 is 0 Å². The Labute approximate surface area is 163 Å². The van der Waals surface area contributed by atoms with Crippen LogP contribution in [0.1, 0.15) is 38.8 Å². The van der Waals surface area contributed by atoms with E-state index in [1.54, 1.807) is 12.1 Å². The molecule has 2 rings (SSSR count). The molecule has 0 aliphatic heterocycles. The molecule has 1 unspecified atom stereocenters. The first-order valence-electron chi connectivity index (χ1n) is 9.05. The van der Waals surface area contributed by atoms with Gasteiger partial charge in [-0.15, -0.1) is 0 Å². The van der Waals surface area contributed by atoms with Crippen LogP contribution in [0.5, 0.6) is 5.75 Å². The maximum atomic E-state index is 11.6. The lowest BCUT2D eigenvalue weighted by atomic mass is 9.86. The molecule has 1 atom stereocenters. The van der Waals surface area contributed by atoms with E-state index in [4.69, 9.17) is 9.88 Å². The molecule has 0 amide bonds. The average molecular weight is 391 g/mol. The number of sulfonamides is 1. The zero-order valence-corrected chi connectivity index (χ0v) is 17.6. The van der Waals surface area contributed by atoms with Crippen LogP contribution in [0.2, 0.25) is 0 Å². The van der Waals surface area contributed by atoms with Gasteiger partial charge in [0.2, 0.25) is 10.0 Å². The van der Waals surface area contributed by atoms with E-state index in [0.717, 1.165) is 18.7 Å². The summed E-state index contributed by atoms with van der Waals surface area (Å²) in [6.45, 7) is 9.58. The predicted molar refractivity (Wildman–Crippen MR) is 111 cm³/mol. The molecule has 0 heterocycles. The van der Waals surface area contributed by atoms with E-state index in [0.29, 0.717) is 5.92 Å². The van der Waals surface area contributed by atoms with Crippen molar-refractivity contribution in [2.75, 3.05) is 19.0 Å². The monoisotopic (exact) mass is 390 g/mol. The molecule has 0 saturated heterocycles. The summed E-state index contributed by atoms with van der Waals surface area (Å²) in [7, 11) is -2.37. The van der Waals surface area contributed by atoms with Crippen molar-refractivity contribution in [2.45, 2.75) is 44.4 Å². The number of anilines is 1. The molecule has 6 heteroatoms. The van der Waals surface area contributed by atoms with E-state index in [-0.39, 0.29) is 16.1 Å². The van der Waals surface area contributed by atoms with Crippen molar-refractivity contribution in [1.29, 1.82) is 0 Å². The topological polar surface area (TPSA) is 81.4 Å². The summed E-state index contributed by atoms with van der Waals surface area (Å²) in [5, 5.41) is 8.54. The van der Waals surface area contributed by atoms with E-state index in [2.05, 4.69) is 57.3 Å². The van der Waals surface area contributed by atoms with Gasteiger partial charge in [0.15, 0.2) is 0 Å². The van der Waals surface area contributed by atoms with Crippen LogP contribution < -0.4 is 15.2 Å². The predicted octanol–water partition coefficient (Wildman–Crippen LogP) is 3.93. The van der Waals surface area contributed by atoms with Crippen molar-refractivity contribution in [3.05, 3.63) is 53.6 Å². The average Bonchev–Trinajstić information content (AvgIpc) is 2.58. The van der Waals surface area contributed by atoms with Gasteiger partial charge >= 0.3 is 0 Å². The van der Waals surface area contributed by atoms with E-state index in [9.17, 15) is 8.42 Å². The minimum Gasteiger partial charge on any atom is -0.495 e. The molecule has 0 radical (unpaired) electrons. The summed E-state index contributed by atoms with van der Waals surface area (Å²) >= 11 is 0. The fourth-order valence-electron chi connectivity index (χ4n) is 2.92. The number of benzene rings is 2. The van der Waals surface area contributed by atoms with E-state index in [1.807, 2.05) is 0 Å². The van der Waals surface area contributed by atoms with Crippen molar-refractivity contribution < 1.29 is 13.2 Å². The summed E-state index contributed by atoms with van der Waals surface area (Å²) in [6.07, 6.45) is 0.962. The highest BCUT2D eigenvalue weighted by Crippen LogP contribution is 2.27. The van der Waals surface area contributed by atoms with Crippen LogP contribution in [-0.4, -0.2) is 22.1 Å². The second-order valence-electron chi connectivity index (χ2n) is 8.05. The van der Waals surface area contributed by atoms with Crippen molar-refractivity contribution >= 4 is 15.7 Å². The maximum Gasteiger partial charge on any atom is 0.241 e. The highest BCUT2D eigenvalue weighted by Gasteiger charge is 2.16. The quantitative estimate of drug-likeness (QED) is 0.750. The maximum absolute atomic E-state index is 11.6. The van der Waals surface area contributed by atoms with Gasteiger partial charge in [0.05, 0.1) is 7.11 Å². The zero-order chi connectivity index (χ0) is 20.2. The highest BCUT2D eigenvalue weighted by atomic mass is 32.2. The number of hydrogen-bond donors (Lipinski definition) is 2. The van der Waals surface area contributed by atoms with Gasteiger partial charge in [0.1, 0.15) is 10.6 Å². The molecule has 0 bridgehead atoms. The molecule has 0 fully saturated rings. The van der Waals surface area contributed by atoms with Crippen molar-refractivity contribution in [3.8, 4) is 5.75 Å². The zero-order valence-electron chi connectivity index (χ0n) is 16.7. The number of ether oxygens (including phenoxy) is 1. The normalized spacial score (nSPS) is 13.3. The van der Waals surface area contributed by atoms with Crippen LogP contribution in [-0.2, 0) is 21.9 Å². The molecule has 2 aromatic rings. The molecule has 3 N–H and O–H groups in total. The highest BCUT2D eigenvalue weighted by molar-refractivity contribution is 7.89. The molecule has 2 aromatic carbocycles. The minimum atomic E-state index is -3.80. The second-order valence-corrected chi connectivity index (χ2v) is 9.58. The van der Waals surface area contributed by atoms with E-state index >= 15 is 0 Å². The van der Waals surface area contributed by atoms with Gasteiger partial charge in [-0.1, -0.05) is 52.0 Å². The lowest BCUT2D eigenvalue weighted by Gasteiger charge is -2.20. The van der Waals surface area contributed by atoms with Crippen LogP contribution in [0.4, 0.5) is 5.69 Å². The molecular formula is C21H30N2O3S. The summed E-state index contributed by atoms with van der Waals surface area (Å²) in [4.78, 5) is -0.0115. The Balaban J connectivity index is 1.98.